The normalized spacial score (nSPS) is 26.4. The van der Waals surface area contributed by atoms with Gasteiger partial charge in [0.2, 0.25) is 5.91 Å². The molecule has 0 aliphatic heterocycles. The van der Waals surface area contributed by atoms with Crippen LogP contribution in [0.5, 0.6) is 0 Å². The molecule has 0 heterocycles. The highest BCUT2D eigenvalue weighted by molar-refractivity contribution is 5.89. The van der Waals surface area contributed by atoms with Crippen LogP contribution in [0, 0.1) is 11.8 Å². The van der Waals surface area contributed by atoms with Gasteiger partial charge in [-0.15, -0.1) is 0 Å². The minimum atomic E-state index is -1.14. The zero-order valence-corrected chi connectivity index (χ0v) is 13.6. The van der Waals surface area contributed by atoms with E-state index in [1.807, 2.05) is 48.5 Å². The first-order chi connectivity index (χ1) is 11.5. The molecule has 2 aromatic rings. The average molecular weight is 320 g/mol. The van der Waals surface area contributed by atoms with Crippen molar-refractivity contribution < 1.29 is 14.7 Å². The van der Waals surface area contributed by atoms with Crippen LogP contribution < -0.4 is 5.11 Å². The lowest BCUT2D eigenvalue weighted by molar-refractivity contribution is -0.314. The molecule has 0 spiro atoms. The minimum Gasteiger partial charge on any atom is -0.550 e. The summed E-state index contributed by atoms with van der Waals surface area (Å²) in [5.41, 5.74) is 4.16. The predicted octanol–water partition coefficient (Wildman–Crippen LogP) is 1.35. The number of hydrogen-bond acceptors (Lipinski definition) is 3. The standard InChI is InChI=1S/C20H19NO3/c1-21(2)19(22)17-15-11-7-3-5-9-13(11)16(18(17)20(23)24)14-10-6-4-8-12(14)15/h3-10,15-18H,1-2H3,(H,23,24)/p-1/t15?,16?,17-,18+/m0/s1. The third-order valence-electron chi connectivity index (χ3n) is 5.44. The molecule has 2 bridgehead atoms. The quantitative estimate of drug-likeness (QED) is 0.839. The van der Waals surface area contributed by atoms with E-state index < -0.39 is 17.8 Å². The molecule has 122 valence electrons. The molecular formula is C20H18NO3-. The number of fused-ring (bicyclic) bond motifs is 1. The fourth-order valence-corrected chi connectivity index (χ4v) is 4.56. The molecule has 5 rings (SSSR count). The molecule has 3 aliphatic rings. The Hall–Kier alpha value is -2.62. The van der Waals surface area contributed by atoms with Crippen LogP contribution in [0.15, 0.2) is 48.5 Å². The Morgan fingerprint density at radius 2 is 1.17 bits per heavy atom. The van der Waals surface area contributed by atoms with Crippen LogP contribution in [0.4, 0.5) is 0 Å². The van der Waals surface area contributed by atoms with Crippen molar-refractivity contribution in [2.45, 2.75) is 11.8 Å². The Bertz CT molecular complexity index is 795. The number of hydrogen-bond donors (Lipinski definition) is 0. The van der Waals surface area contributed by atoms with E-state index >= 15 is 0 Å². The van der Waals surface area contributed by atoms with E-state index in [0.29, 0.717) is 0 Å². The first-order valence-electron chi connectivity index (χ1n) is 8.12. The van der Waals surface area contributed by atoms with Crippen LogP contribution in [0.2, 0.25) is 0 Å². The summed E-state index contributed by atoms with van der Waals surface area (Å²) in [6, 6.07) is 15.8. The Kier molecular flexibility index (Phi) is 3.23. The maximum absolute atomic E-state index is 12.9. The van der Waals surface area contributed by atoms with E-state index in [-0.39, 0.29) is 17.7 Å². The second-order valence-corrected chi connectivity index (χ2v) is 6.82. The van der Waals surface area contributed by atoms with Crippen LogP contribution in [0.3, 0.4) is 0 Å². The van der Waals surface area contributed by atoms with Crippen LogP contribution in [-0.2, 0) is 9.59 Å². The first kappa shape index (κ1) is 14.9. The Morgan fingerprint density at radius 3 is 1.50 bits per heavy atom. The maximum atomic E-state index is 12.9. The average Bonchev–Trinajstić information content (AvgIpc) is 2.60. The summed E-state index contributed by atoms with van der Waals surface area (Å²) >= 11 is 0. The molecule has 4 nitrogen and oxygen atoms in total. The summed E-state index contributed by atoms with van der Waals surface area (Å²) in [5.74, 6) is -3.33. The molecule has 0 radical (unpaired) electrons. The molecule has 0 unspecified atom stereocenters. The van der Waals surface area contributed by atoms with E-state index in [4.69, 9.17) is 0 Å². The molecule has 24 heavy (non-hydrogen) atoms. The maximum Gasteiger partial charge on any atom is 0.226 e. The van der Waals surface area contributed by atoms with Crippen LogP contribution in [0.1, 0.15) is 34.1 Å². The van der Waals surface area contributed by atoms with Gasteiger partial charge in [-0.2, -0.15) is 0 Å². The molecule has 2 aromatic carbocycles. The molecule has 2 atom stereocenters. The van der Waals surface area contributed by atoms with Crippen molar-refractivity contribution in [2.75, 3.05) is 14.1 Å². The molecule has 1 amide bonds. The number of carbonyl (C=O) groups excluding carboxylic acids is 2. The summed E-state index contributed by atoms with van der Waals surface area (Å²) in [4.78, 5) is 26.4. The lowest BCUT2D eigenvalue weighted by atomic mass is 9.54. The van der Waals surface area contributed by atoms with Gasteiger partial charge in [-0.05, 0) is 22.3 Å². The second-order valence-electron chi connectivity index (χ2n) is 6.82. The molecule has 0 saturated heterocycles. The SMILES string of the molecule is CN(C)C(=O)[C@H]1C2c3ccccc3C(c3ccccc32)[C@H]1C(=O)[O-]. The van der Waals surface area contributed by atoms with Crippen molar-refractivity contribution in [1.82, 2.24) is 4.90 Å². The van der Waals surface area contributed by atoms with E-state index in [2.05, 4.69) is 0 Å². The minimum absolute atomic E-state index is 0.150. The van der Waals surface area contributed by atoms with Crippen LogP contribution in [-0.4, -0.2) is 30.9 Å². The molecular weight excluding hydrogens is 302 g/mol. The van der Waals surface area contributed by atoms with Gasteiger partial charge in [-0.1, -0.05) is 48.5 Å². The highest BCUT2D eigenvalue weighted by atomic mass is 16.4. The number of carbonyl (C=O) groups is 2. The monoisotopic (exact) mass is 320 g/mol. The van der Waals surface area contributed by atoms with Gasteiger partial charge < -0.3 is 14.8 Å². The lowest BCUT2D eigenvalue weighted by Gasteiger charge is -2.50. The van der Waals surface area contributed by atoms with Crippen molar-refractivity contribution in [1.29, 1.82) is 0 Å². The van der Waals surface area contributed by atoms with Crippen LogP contribution in [0.25, 0.3) is 0 Å². The van der Waals surface area contributed by atoms with Gasteiger partial charge in [0.05, 0.1) is 5.92 Å². The van der Waals surface area contributed by atoms with E-state index in [0.717, 1.165) is 22.3 Å². The third kappa shape index (κ3) is 1.86. The van der Waals surface area contributed by atoms with E-state index in [1.54, 1.807) is 14.1 Å². The highest BCUT2D eigenvalue weighted by Gasteiger charge is 2.53. The van der Waals surface area contributed by atoms with Gasteiger partial charge in [0.25, 0.3) is 0 Å². The largest absolute Gasteiger partial charge is 0.550 e. The van der Waals surface area contributed by atoms with Crippen molar-refractivity contribution in [2.24, 2.45) is 11.8 Å². The molecule has 0 fully saturated rings. The number of carboxylic acid groups (broad SMARTS) is 1. The van der Waals surface area contributed by atoms with Crippen LogP contribution >= 0.6 is 0 Å². The van der Waals surface area contributed by atoms with Gasteiger partial charge in [-0.3, -0.25) is 4.79 Å². The molecule has 0 N–H and O–H groups in total. The highest BCUT2D eigenvalue weighted by Crippen LogP contribution is 2.58. The fourth-order valence-electron chi connectivity index (χ4n) is 4.56. The number of nitrogens with zero attached hydrogens (tertiary/aromatic N) is 1. The Labute approximate surface area is 140 Å². The Balaban J connectivity index is 2.02. The van der Waals surface area contributed by atoms with Gasteiger partial charge >= 0.3 is 0 Å². The fraction of sp³-hybridized carbons (Fsp3) is 0.300. The first-order valence-corrected chi connectivity index (χ1v) is 8.12. The summed E-state index contributed by atoms with van der Waals surface area (Å²) in [7, 11) is 3.35. The number of rotatable bonds is 2. The smallest absolute Gasteiger partial charge is 0.226 e. The van der Waals surface area contributed by atoms with Gasteiger partial charge in [0.15, 0.2) is 0 Å². The van der Waals surface area contributed by atoms with Crippen molar-refractivity contribution in [3.05, 3.63) is 70.8 Å². The number of aliphatic carboxylic acids is 1. The molecule has 4 heteroatoms. The zero-order valence-electron chi connectivity index (χ0n) is 13.6. The van der Waals surface area contributed by atoms with Crippen molar-refractivity contribution in [3.63, 3.8) is 0 Å². The number of carboxylic acids is 1. The van der Waals surface area contributed by atoms with Gasteiger partial charge in [-0.25, -0.2) is 0 Å². The van der Waals surface area contributed by atoms with Gasteiger partial charge in [0.1, 0.15) is 0 Å². The predicted molar refractivity (Wildman–Crippen MR) is 87.3 cm³/mol. The second kappa shape index (κ2) is 5.20. The van der Waals surface area contributed by atoms with E-state index in [1.165, 1.54) is 4.90 Å². The topological polar surface area (TPSA) is 60.4 Å². The van der Waals surface area contributed by atoms with Crippen molar-refractivity contribution >= 4 is 11.9 Å². The zero-order chi connectivity index (χ0) is 17.0. The molecule has 3 aliphatic carbocycles. The number of amides is 1. The molecule has 0 aromatic heterocycles. The summed E-state index contributed by atoms with van der Waals surface area (Å²) in [6.45, 7) is 0. The third-order valence-corrected chi connectivity index (χ3v) is 5.44. The number of benzene rings is 2. The van der Waals surface area contributed by atoms with Crippen molar-refractivity contribution in [3.8, 4) is 0 Å². The molecule has 0 saturated carbocycles. The van der Waals surface area contributed by atoms with Gasteiger partial charge in [0, 0.05) is 37.8 Å². The summed E-state index contributed by atoms with van der Waals surface area (Å²) in [6.07, 6.45) is 0. The summed E-state index contributed by atoms with van der Waals surface area (Å²) < 4.78 is 0. The Morgan fingerprint density at radius 1 is 0.792 bits per heavy atom. The summed E-state index contributed by atoms with van der Waals surface area (Å²) in [5, 5.41) is 12.0. The lowest BCUT2D eigenvalue weighted by Crippen LogP contribution is -2.53. The van der Waals surface area contributed by atoms with E-state index in [9.17, 15) is 14.7 Å².